The van der Waals surface area contributed by atoms with E-state index < -0.39 is 18.1 Å². The van der Waals surface area contributed by atoms with Crippen LogP contribution in [0.1, 0.15) is 174 Å². The summed E-state index contributed by atoms with van der Waals surface area (Å²) in [5, 5.41) is 11.6. The monoisotopic (exact) mass is 812 g/mol. The molecule has 0 rings (SSSR count). The first-order valence-corrected chi connectivity index (χ1v) is 23.0. The average Bonchev–Trinajstić information content (AvgIpc) is 3.18. The lowest BCUT2D eigenvalue weighted by molar-refractivity contribution is -0.889. The Balaban J connectivity index is 4.22. The number of carbonyl (C=O) groups is 3. The molecule has 8 nitrogen and oxygen atoms in total. The van der Waals surface area contributed by atoms with Gasteiger partial charge >= 0.3 is 11.9 Å². The quantitative estimate of drug-likeness (QED) is 0.0263. The molecule has 0 fully saturated rings. The van der Waals surface area contributed by atoms with Gasteiger partial charge in [-0.15, -0.1) is 0 Å². The SMILES string of the molecule is CC/C=C/C/C=C/C/C=C/CCCCCCCCCCCCCCCC(=O)OCC(COCCC(C(=O)[O-])[N+](C)(C)C)OC(=O)CCC/C=C/C/C=C/C/C=C/CC. The molecule has 332 valence electrons. The summed E-state index contributed by atoms with van der Waals surface area (Å²) in [6.07, 6.45) is 51.0. The number of esters is 2. The van der Waals surface area contributed by atoms with E-state index in [0.717, 1.165) is 64.2 Å². The van der Waals surface area contributed by atoms with Gasteiger partial charge in [-0.3, -0.25) is 9.59 Å². The van der Waals surface area contributed by atoms with Crippen molar-refractivity contribution in [2.24, 2.45) is 0 Å². The second kappa shape index (κ2) is 40.5. The summed E-state index contributed by atoms with van der Waals surface area (Å²) in [5.41, 5.74) is 0. The highest BCUT2D eigenvalue weighted by atomic mass is 16.6. The molecule has 0 aliphatic rings. The van der Waals surface area contributed by atoms with Gasteiger partial charge in [0.25, 0.3) is 0 Å². The first-order valence-electron chi connectivity index (χ1n) is 23.0. The molecule has 0 amide bonds. The number of aliphatic carboxylic acids is 1. The van der Waals surface area contributed by atoms with E-state index in [0.29, 0.717) is 12.8 Å². The fourth-order valence-corrected chi connectivity index (χ4v) is 6.34. The Hall–Kier alpha value is -3.23. The number of carboxylic acids is 1. The zero-order valence-electron chi connectivity index (χ0n) is 37.7. The molecule has 8 heteroatoms. The number of rotatable bonds is 40. The molecule has 0 N–H and O–H groups in total. The Labute approximate surface area is 355 Å². The number of nitrogens with zero attached hydrogens (tertiary/aromatic N) is 1. The summed E-state index contributed by atoms with van der Waals surface area (Å²) in [4.78, 5) is 36.8. The normalized spacial score (nSPS) is 13.6. The molecule has 0 aromatic rings. The molecule has 0 aromatic heterocycles. The van der Waals surface area contributed by atoms with Crippen molar-refractivity contribution in [1.82, 2.24) is 0 Å². The molecule has 0 saturated heterocycles. The molecule has 2 unspecified atom stereocenters. The van der Waals surface area contributed by atoms with Crippen LogP contribution in [0.25, 0.3) is 0 Å². The third-order valence-corrected chi connectivity index (χ3v) is 9.84. The first-order chi connectivity index (χ1) is 28.1. The van der Waals surface area contributed by atoms with Crippen LogP contribution in [0.4, 0.5) is 0 Å². The van der Waals surface area contributed by atoms with Gasteiger partial charge in [0.2, 0.25) is 0 Å². The zero-order chi connectivity index (χ0) is 42.8. The van der Waals surface area contributed by atoms with Gasteiger partial charge in [0.15, 0.2) is 6.10 Å². The summed E-state index contributed by atoms with van der Waals surface area (Å²) in [7, 11) is 5.38. The van der Waals surface area contributed by atoms with E-state index in [4.69, 9.17) is 14.2 Å². The molecule has 0 radical (unpaired) electrons. The number of ether oxygens (including phenoxy) is 3. The molecule has 0 spiro atoms. The van der Waals surface area contributed by atoms with Crippen LogP contribution in [0.5, 0.6) is 0 Å². The number of carboxylic acid groups (broad SMARTS) is 1. The van der Waals surface area contributed by atoms with E-state index in [-0.39, 0.29) is 49.1 Å². The molecule has 0 aliphatic heterocycles. The van der Waals surface area contributed by atoms with Crippen molar-refractivity contribution in [2.75, 3.05) is 41.0 Å². The van der Waals surface area contributed by atoms with Gasteiger partial charge in [-0.05, 0) is 70.6 Å². The van der Waals surface area contributed by atoms with Crippen LogP contribution in [0.15, 0.2) is 72.9 Å². The average molecular weight is 812 g/mol. The second-order valence-electron chi connectivity index (χ2n) is 16.2. The van der Waals surface area contributed by atoms with Crippen LogP contribution >= 0.6 is 0 Å². The Bertz CT molecular complexity index is 1180. The van der Waals surface area contributed by atoms with Crippen molar-refractivity contribution in [2.45, 2.75) is 187 Å². The number of likely N-dealkylation sites (N-methyl/N-ethyl adjacent to an activating group) is 1. The van der Waals surface area contributed by atoms with Crippen LogP contribution in [-0.4, -0.2) is 75.5 Å². The predicted molar refractivity (Wildman–Crippen MR) is 240 cm³/mol. The molecule has 0 aliphatic carbocycles. The van der Waals surface area contributed by atoms with Crippen molar-refractivity contribution in [1.29, 1.82) is 0 Å². The highest BCUT2D eigenvalue weighted by Gasteiger charge is 2.25. The number of hydrogen-bond donors (Lipinski definition) is 0. The Kier molecular flexibility index (Phi) is 38.3. The fraction of sp³-hybridized carbons (Fsp3) is 0.700. The van der Waals surface area contributed by atoms with Gasteiger partial charge in [0, 0.05) is 19.3 Å². The molecule has 58 heavy (non-hydrogen) atoms. The topological polar surface area (TPSA) is 102 Å². The molecular formula is C50H85NO7. The van der Waals surface area contributed by atoms with Crippen molar-refractivity contribution in [3.05, 3.63) is 72.9 Å². The number of allylic oxidation sites excluding steroid dienone is 12. The molecule has 0 saturated carbocycles. The van der Waals surface area contributed by atoms with Gasteiger partial charge in [-0.2, -0.15) is 0 Å². The van der Waals surface area contributed by atoms with Crippen LogP contribution < -0.4 is 5.11 Å². The van der Waals surface area contributed by atoms with Gasteiger partial charge < -0.3 is 28.6 Å². The standard InChI is InChI=1S/C50H85NO7/c1-6-8-10-12-14-16-18-19-20-21-22-23-24-25-26-27-28-29-31-32-34-36-38-40-48(52)57-45-46(44-56-43-42-47(50(54)55)51(3,4)5)58-49(53)41-39-37-35-33-30-17-15-13-11-9-7-2/h8-11,14-17,19-20,33,35,46-47H,6-7,12-13,18,21-32,34,36-45H2,1-5H3/b10-8+,11-9+,16-14+,17-15+,20-19+,35-33+. The van der Waals surface area contributed by atoms with E-state index in [9.17, 15) is 19.5 Å². The Morgan fingerprint density at radius 2 is 0.931 bits per heavy atom. The van der Waals surface area contributed by atoms with Gasteiger partial charge in [0.05, 0.1) is 40.3 Å². The van der Waals surface area contributed by atoms with Crippen molar-refractivity contribution in [3.63, 3.8) is 0 Å². The van der Waals surface area contributed by atoms with E-state index >= 15 is 0 Å². The third-order valence-electron chi connectivity index (χ3n) is 9.84. The fourth-order valence-electron chi connectivity index (χ4n) is 6.34. The molecule has 0 heterocycles. The predicted octanol–water partition coefficient (Wildman–Crippen LogP) is 11.4. The molecular weight excluding hydrogens is 727 g/mol. The smallest absolute Gasteiger partial charge is 0.306 e. The van der Waals surface area contributed by atoms with E-state index in [1.54, 1.807) is 21.1 Å². The van der Waals surface area contributed by atoms with Crippen LogP contribution in [-0.2, 0) is 28.6 Å². The summed E-state index contributed by atoms with van der Waals surface area (Å²) < 4.78 is 17.1. The van der Waals surface area contributed by atoms with Crippen molar-refractivity contribution < 1.29 is 38.2 Å². The Morgan fingerprint density at radius 1 is 0.517 bits per heavy atom. The lowest BCUT2D eigenvalue weighted by atomic mass is 10.0. The summed E-state index contributed by atoms with van der Waals surface area (Å²) in [6, 6.07) is -0.736. The third kappa shape index (κ3) is 38.3. The van der Waals surface area contributed by atoms with E-state index in [2.05, 4.69) is 86.8 Å². The first kappa shape index (κ1) is 54.8. The minimum atomic E-state index is -1.14. The highest BCUT2D eigenvalue weighted by molar-refractivity contribution is 5.70. The summed E-state index contributed by atoms with van der Waals surface area (Å²) in [5.74, 6) is -1.81. The van der Waals surface area contributed by atoms with Crippen LogP contribution in [0.2, 0.25) is 0 Å². The molecule has 2 atom stereocenters. The summed E-state index contributed by atoms with van der Waals surface area (Å²) >= 11 is 0. The largest absolute Gasteiger partial charge is 0.544 e. The Morgan fingerprint density at radius 3 is 1.40 bits per heavy atom. The van der Waals surface area contributed by atoms with Crippen LogP contribution in [0, 0.1) is 0 Å². The molecule has 0 aromatic carbocycles. The van der Waals surface area contributed by atoms with Crippen LogP contribution in [0.3, 0.4) is 0 Å². The maximum Gasteiger partial charge on any atom is 0.306 e. The summed E-state index contributed by atoms with van der Waals surface area (Å²) in [6.45, 7) is 4.37. The second-order valence-corrected chi connectivity index (χ2v) is 16.2. The number of carbonyl (C=O) groups excluding carboxylic acids is 3. The number of quaternary nitrogens is 1. The maximum absolute atomic E-state index is 12.7. The van der Waals surface area contributed by atoms with E-state index in [1.807, 2.05) is 0 Å². The number of unbranched alkanes of at least 4 members (excludes halogenated alkanes) is 14. The maximum atomic E-state index is 12.7. The van der Waals surface area contributed by atoms with Gasteiger partial charge in [-0.1, -0.05) is 157 Å². The lowest BCUT2D eigenvalue weighted by Crippen LogP contribution is -2.55. The van der Waals surface area contributed by atoms with Crippen molar-refractivity contribution in [3.8, 4) is 0 Å². The van der Waals surface area contributed by atoms with Gasteiger partial charge in [0.1, 0.15) is 12.6 Å². The highest BCUT2D eigenvalue weighted by Crippen LogP contribution is 2.14. The zero-order valence-corrected chi connectivity index (χ0v) is 37.7. The van der Waals surface area contributed by atoms with E-state index in [1.165, 1.54) is 70.6 Å². The number of hydrogen-bond acceptors (Lipinski definition) is 7. The minimum absolute atomic E-state index is 0.0177. The van der Waals surface area contributed by atoms with Crippen molar-refractivity contribution >= 4 is 17.9 Å². The van der Waals surface area contributed by atoms with Gasteiger partial charge in [-0.25, -0.2) is 0 Å². The lowest BCUT2D eigenvalue weighted by Gasteiger charge is -2.34. The molecule has 0 bridgehead atoms. The minimum Gasteiger partial charge on any atom is -0.544 e.